The predicted octanol–water partition coefficient (Wildman–Crippen LogP) is 1.19. The van der Waals surface area contributed by atoms with Gasteiger partial charge in [-0.3, -0.25) is 9.59 Å². The van der Waals surface area contributed by atoms with Crippen LogP contribution in [0.15, 0.2) is 0 Å². The number of rotatable bonds is 3. The van der Waals surface area contributed by atoms with E-state index in [1.807, 2.05) is 13.8 Å². The molecule has 1 aliphatic rings. The molecule has 1 atom stereocenters. The molecule has 0 bridgehead atoms. The van der Waals surface area contributed by atoms with Gasteiger partial charge in [0, 0.05) is 12.3 Å². The smallest absolute Gasteiger partial charge is 0.306 e. The average Bonchev–Trinajstić information content (AvgIpc) is 2.19. The Hall–Kier alpha value is -1.06. The third-order valence-electron chi connectivity index (χ3n) is 2.48. The third-order valence-corrected chi connectivity index (χ3v) is 2.48. The first-order valence-corrected chi connectivity index (χ1v) is 4.35. The topological polar surface area (TPSA) is 63.6 Å². The van der Waals surface area contributed by atoms with Gasteiger partial charge < -0.3 is 9.84 Å². The first-order chi connectivity index (χ1) is 5.92. The summed E-state index contributed by atoms with van der Waals surface area (Å²) < 4.78 is 5.06. The second kappa shape index (κ2) is 3.36. The number of ether oxygens (including phenoxy) is 1. The van der Waals surface area contributed by atoms with E-state index in [4.69, 9.17) is 9.84 Å². The number of carbonyl (C=O) groups excluding carboxylic acids is 1. The van der Waals surface area contributed by atoms with Crippen LogP contribution >= 0.6 is 0 Å². The summed E-state index contributed by atoms with van der Waals surface area (Å²) >= 11 is 0. The fourth-order valence-corrected chi connectivity index (χ4v) is 1.61. The molecule has 0 radical (unpaired) electrons. The van der Waals surface area contributed by atoms with Gasteiger partial charge in [0.1, 0.15) is 5.60 Å². The minimum absolute atomic E-state index is 0.0381. The lowest BCUT2D eigenvalue weighted by atomic mass is 9.87. The Morgan fingerprint density at radius 3 is 2.69 bits per heavy atom. The summed E-state index contributed by atoms with van der Waals surface area (Å²) in [6, 6.07) is 0. The van der Waals surface area contributed by atoms with Crippen LogP contribution in [-0.2, 0) is 14.3 Å². The highest BCUT2D eigenvalue weighted by atomic mass is 16.6. The molecule has 0 aliphatic carbocycles. The lowest BCUT2D eigenvalue weighted by Gasteiger charge is -2.23. The van der Waals surface area contributed by atoms with Crippen LogP contribution in [0.25, 0.3) is 0 Å². The molecule has 74 valence electrons. The summed E-state index contributed by atoms with van der Waals surface area (Å²) in [4.78, 5) is 21.3. The maximum atomic E-state index is 10.9. The normalized spacial score (nSPS) is 25.7. The van der Waals surface area contributed by atoms with E-state index in [9.17, 15) is 9.59 Å². The van der Waals surface area contributed by atoms with Crippen molar-refractivity contribution < 1.29 is 19.4 Å². The van der Waals surface area contributed by atoms with Gasteiger partial charge in [0.2, 0.25) is 0 Å². The second-order valence-corrected chi connectivity index (χ2v) is 3.91. The van der Waals surface area contributed by atoms with Gasteiger partial charge in [0.25, 0.3) is 0 Å². The van der Waals surface area contributed by atoms with Crippen LogP contribution in [0.4, 0.5) is 0 Å². The van der Waals surface area contributed by atoms with Crippen LogP contribution in [0.5, 0.6) is 0 Å². The van der Waals surface area contributed by atoms with Gasteiger partial charge in [-0.05, 0) is 20.3 Å². The summed E-state index contributed by atoms with van der Waals surface area (Å²) in [6.07, 6.45) is 0.957. The third kappa shape index (κ3) is 2.44. The molecule has 4 heteroatoms. The van der Waals surface area contributed by atoms with E-state index >= 15 is 0 Å². The van der Waals surface area contributed by atoms with Crippen molar-refractivity contribution in [2.75, 3.05) is 0 Å². The second-order valence-electron chi connectivity index (χ2n) is 3.91. The molecule has 13 heavy (non-hydrogen) atoms. The Morgan fingerprint density at radius 1 is 1.69 bits per heavy atom. The van der Waals surface area contributed by atoms with Gasteiger partial charge in [-0.2, -0.15) is 0 Å². The van der Waals surface area contributed by atoms with Crippen molar-refractivity contribution in [1.29, 1.82) is 0 Å². The fraction of sp³-hybridized carbons (Fsp3) is 0.778. The monoisotopic (exact) mass is 186 g/mol. The molecule has 0 aromatic carbocycles. The first-order valence-electron chi connectivity index (χ1n) is 4.35. The highest BCUT2D eigenvalue weighted by molar-refractivity contribution is 5.73. The summed E-state index contributed by atoms with van der Waals surface area (Å²) in [5, 5.41) is 8.48. The molecule has 4 nitrogen and oxygen atoms in total. The standard InChI is InChI=1S/C9H14O4/c1-9(2)6(3-4-7(10)11)5-8(12)13-9/h6H,3-5H2,1-2H3,(H,10,11). The highest BCUT2D eigenvalue weighted by Crippen LogP contribution is 2.35. The Balaban J connectivity index is 2.50. The summed E-state index contributed by atoms with van der Waals surface area (Å²) in [6.45, 7) is 3.65. The molecule has 1 N–H and O–H groups in total. The molecular formula is C9H14O4. The van der Waals surface area contributed by atoms with E-state index in [1.54, 1.807) is 0 Å². The maximum absolute atomic E-state index is 10.9. The molecule has 1 heterocycles. The van der Waals surface area contributed by atoms with Gasteiger partial charge >= 0.3 is 11.9 Å². The van der Waals surface area contributed by atoms with Crippen LogP contribution in [0.3, 0.4) is 0 Å². The first kappa shape index (κ1) is 10.0. The average molecular weight is 186 g/mol. The van der Waals surface area contributed by atoms with Crippen molar-refractivity contribution in [3.63, 3.8) is 0 Å². The van der Waals surface area contributed by atoms with E-state index in [1.165, 1.54) is 0 Å². The van der Waals surface area contributed by atoms with Crippen LogP contribution < -0.4 is 0 Å². The Bertz CT molecular complexity index is 232. The van der Waals surface area contributed by atoms with E-state index in [0.717, 1.165) is 0 Å². The van der Waals surface area contributed by atoms with Crippen molar-refractivity contribution in [3.8, 4) is 0 Å². The van der Waals surface area contributed by atoms with E-state index in [2.05, 4.69) is 0 Å². The number of aliphatic carboxylic acids is 1. The summed E-state index contributed by atoms with van der Waals surface area (Å²) in [7, 11) is 0. The molecule has 0 spiro atoms. The molecule has 1 aliphatic heterocycles. The predicted molar refractivity (Wildman–Crippen MR) is 45.1 cm³/mol. The quantitative estimate of drug-likeness (QED) is 0.672. The van der Waals surface area contributed by atoms with E-state index < -0.39 is 11.6 Å². The molecular weight excluding hydrogens is 172 g/mol. The van der Waals surface area contributed by atoms with Crippen molar-refractivity contribution in [3.05, 3.63) is 0 Å². The van der Waals surface area contributed by atoms with Crippen molar-refractivity contribution >= 4 is 11.9 Å². The number of cyclic esters (lactones) is 1. The van der Waals surface area contributed by atoms with E-state index in [0.29, 0.717) is 12.8 Å². The Morgan fingerprint density at radius 2 is 2.31 bits per heavy atom. The highest BCUT2D eigenvalue weighted by Gasteiger charge is 2.41. The maximum Gasteiger partial charge on any atom is 0.306 e. The van der Waals surface area contributed by atoms with Crippen molar-refractivity contribution in [1.82, 2.24) is 0 Å². The van der Waals surface area contributed by atoms with Gasteiger partial charge in [0.15, 0.2) is 0 Å². The van der Waals surface area contributed by atoms with Crippen LogP contribution in [0, 0.1) is 5.92 Å². The SMILES string of the molecule is CC1(C)OC(=O)CC1CCC(=O)O. The van der Waals surface area contributed by atoms with Gasteiger partial charge in [-0.25, -0.2) is 0 Å². The number of carboxylic acid groups (broad SMARTS) is 1. The molecule has 1 fully saturated rings. The zero-order valence-electron chi connectivity index (χ0n) is 7.87. The Labute approximate surface area is 76.9 Å². The lowest BCUT2D eigenvalue weighted by Crippen LogP contribution is -2.27. The lowest BCUT2D eigenvalue weighted by molar-refractivity contribution is -0.146. The minimum atomic E-state index is -0.824. The van der Waals surface area contributed by atoms with Crippen LogP contribution in [-0.4, -0.2) is 22.6 Å². The zero-order valence-corrected chi connectivity index (χ0v) is 7.87. The molecule has 0 amide bonds. The number of carbonyl (C=O) groups is 2. The van der Waals surface area contributed by atoms with Gasteiger partial charge in [-0.15, -0.1) is 0 Å². The molecule has 0 aromatic heterocycles. The van der Waals surface area contributed by atoms with E-state index in [-0.39, 0.29) is 18.3 Å². The van der Waals surface area contributed by atoms with Crippen LogP contribution in [0.1, 0.15) is 33.1 Å². The number of esters is 1. The zero-order chi connectivity index (χ0) is 10.1. The van der Waals surface area contributed by atoms with Gasteiger partial charge in [-0.1, -0.05) is 0 Å². The number of hydrogen-bond acceptors (Lipinski definition) is 3. The van der Waals surface area contributed by atoms with Crippen LogP contribution in [0.2, 0.25) is 0 Å². The summed E-state index contributed by atoms with van der Waals surface area (Å²) in [5.74, 6) is -1.01. The molecule has 0 aromatic rings. The fourth-order valence-electron chi connectivity index (χ4n) is 1.61. The molecule has 1 saturated heterocycles. The Kier molecular flexibility index (Phi) is 2.59. The molecule has 1 unspecified atom stereocenters. The van der Waals surface area contributed by atoms with Gasteiger partial charge in [0.05, 0.1) is 6.42 Å². The summed E-state index contributed by atoms with van der Waals surface area (Å²) in [5.41, 5.74) is -0.494. The van der Waals surface area contributed by atoms with Crippen molar-refractivity contribution in [2.45, 2.75) is 38.7 Å². The molecule has 0 saturated carbocycles. The minimum Gasteiger partial charge on any atom is -0.481 e. The largest absolute Gasteiger partial charge is 0.481 e. The number of carboxylic acids is 1. The van der Waals surface area contributed by atoms with Crippen molar-refractivity contribution in [2.24, 2.45) is 5.92 Å². The number of hydrogen-bond donors (Lipinski definition) is 1. The molecule has 1 rings (SSSR count).